The van der Waals surface area contributed by atoms with E-state index in [1.807, 2.05) is 42.2 Å². The molecule has 0 saturated carbocycles. The van der Waals surface area contributed by atoms with E-state index in [2.05, 4.69) is 28.6 Å². The lowest BCUT2D eigenvalue weighted by Gasteiger charge is -2.30. The van der Waals surface area contributed by atoms with Crippen molar-refractivity contribution in [2.75, 3.05) is 6.54 Å². The molecule has 1 aliphatic rings. The van der Waals surface area contributed by atoms with E-state index in [9.17, 15) is 4.79 Å². The lowest BCUT2D eigenvalue weighted by atomic mass is 10.2. The third-order valence-corrected chi connectivity index (χ3v) is 4.30. The molecule has 1 unspecified atom stereocenters. The van der Waals surface area contributed by atoms with Crippen molar-refractivity contribution in [1.29, 1.82) is 0 Å². The second-order valence-electron chi connectivity index (χ2n) is 6.48. The maximum Gasteiger partial charge on any atom is 0.251 e. The molecule has 2 heterocycles. The molecule has 0 fully saturated rings. The predicted molar refractivity (Wildman–Crippen MR) is 90.2 cm³/mol. The van der Waals surface area contributed by atoms with Crippen LogP contribution in [0.25, 0.3) is 0 Å². The fraction of sp³-hybridized carbons (Fsp3) is 0.500. The molecule has 6 heteroatoms. The second-order valence-corrected chi connectivity index (χ2v) is 6.48. The summed E-state index contributed by atoms with van der Waals surface area (Å²) in [6.07, 6.45) is -0.468. The summed E-state index contributed by atoms with van der Waals surface area (Å²) in [4.78, 5) is 14.4. The van der Waals surface area contributed by atoms with Crippen molar-refractivity contribution in [3.63, 3.8) is 0 Å². The molecule has 2 aromatic rings. The third kappa shape index (κ3) is 3.48. The van der Waals surface area contributed by atoms with Gasteiger partial charge in [0.15, 0.2) is 5.82 Å². The van der Waals surface area contributed by atoms with E-state index >= 15 is 0 Å². The van der Waals surface area contributed by atoms with E-state index in [1.54, 1.807) is 0 Å². The quantitative estimate of drug-likeness (QED) is 0.845. The minimum absolute atomic E-state index is 0.00581. The molecule has 1 aromatic carbocycles. The molecular weight excluding hydrogens is 304 g/mol. The van der Waals surface area contributed by atoms with Crippen molar-refractivity contribution in [2.45, 2.75) is 52.5 Å². The van der Waals surface area contributed by atoms with Gasteiger partial charge in [-0.25, -0.2) is 0 Å². The van der Waals surface area contributed by atoms with Gasteiger partial charge in [0, 0.05) is 19.0 Å². The maximum absolute atomic E-state index is 12.6. The van der Waals surface area contributed by atoms with Gasteiger partial charge in [0.25, 0.3) is 5.91 Å². The highest BCUT2D eigenvalue weighted by Gasteiger charge is 2.28. The molecule has 1 amide bonds. The Morgan fingerprint density at radius 3 is 2.62 bits per heavy atom. The second kappa shape index (κ2) is 7.13. The minimum atomic E-state index is -0.468. The Labute approximate surface area is 142 Å². The Bertz CT molecular complexity index is 696. The van der Waals surface area contributed by atoms with Crippen molar-refractivity contribution in [3.05, 3.63) is 47.5 Å². The van der Waals surface area contributed by atoms with E-state index in [0.717, 1.165) is 23.8 Å². The van der Waals surface area contributed by atoms with E-state index < -0.39 is 6.10 Å². The number of benzene rings is 1. The first-order chi connectivity index (χ1) is 11.6. The number of amides is 1. The first-order valence-electron chi connectivity index (χ1n) is 8.42. The lowest BCUT2D eigenvalue weighted by Crippen LogP contribution is -2.43. The summed E-state index contributed by atoms with van der Waals surface area (Å²) in [5, 5.41) is 8.50. The molecule has 0 spiro atoms. The van der Waals surface area contributed by atoms with Crippen molar-refractivity contribution >= 4 is 5.91 Å². The minimum Gasteiger partial charge on any atom is -0.364 e. The molecule has 0 bridgehead atoms. The van der Waals surface area contributed by atoms with Crippen LogP contribution in [0.1, 0.15) is 43.9 Å². The summed E-state index contributed by atoms with van der Waals surface area (Å²) in [6.45, 7) is 8.37. The highest BCUT2D eigenvalue weighted by atomic mass is 16.5. The number of fused-ring (bicyclic) bond motifs is 1. The van der Waals surface area contributed by atoms with Crippen LogP contribution in [0.5, 0.6) is 0 Å². The van der Waals surface area contributed by atoms with Gasteiger partial charge in [0.2, 0.25) is 0 Å². The van der Waals surface area contributed by atoms with Gasteiger partial charge >= 0.3 is 0 Å². The van der Waals surface area contributed by atoms with E-state index in [0.29, 0.717) is 25.6 Å². The molecule has 128 valence electrons. The number of ether oxygens (including phenoxy) is 1. The van der Waals surface area contributed by atoms with Crippen LogP contribution < -0.4 is 0 Å². The lowest BCUT2D eigenvalue weighted by molar-refractivity contribution is -0.145. The van der Waals surface area contributed by atoms with Crippen LogP contribution in [0.4, 0.5) is 0 Å². The molecule has 1 atom stereocenters. The topological polar surface area (TPSA) is 60.2 Å². The summed E-state index contributed by atoms with van der Waals surface area (Å²) in [5.41, 5.74) is 1.07. The van der Waals surface area contributed by atoms with Gasteiger partial charge < -0.3 is 14.2 Å². The van der Waals surface area contributed by atoms with E-state index in [4.69, 9.17) is 4.74 Å². The van der Waals surface area contributed by atoms with Gasteiger partial charge in [-0.2, -0.15) is 0 Å². The van der Waals surface area contributed by atoms with Crippen LogP contribution >= 0.6 is 0 Å². The van der Waals surface area contributed by atoms with Crippen molar-refractivity contribution in [3.8, 4) is 0 Å². The molecule has 1 aromatic heterocycles. The smallest absolute Gasteiger partial charge is 0.251 e. The molecule has 0 saturated heterocycles. The summed E-state index contributed by atoms with van der Waals surface area (Å²) >= 11 is 0. The van der Waals surface area contributed by atoms with Gasteiger partial charge in [-0.15, -0.1) is 10.2 Å². The fourth-order valence-corrected chi connectivity index (χ4v) is 2.92. The number of carbonyl (C=O) groups is 1. The third-order valence-electron chi connectivity index (χ3n) is 4.30. The number of hydrogen-bond donors (Lipinski definition) is 0. The number of nitrogens with zero attached hydrogens (tertiary/aromatic N) is 4. The summed E-state index contributed by atoms with van der Waals surface area (Å²) in [5.74, 6) is 2.19. The molecule has 0 radical (unpaired) electrons. The number of aromatic nitrogens is 3. The van der Waals surface area contributed by atoms with Crippen LogP contribution in [0.3, 0.4) is 0 Å². The average molecular weight is 328 g/mol. The number of hydrogen-bond acceptors (Lipinski definition) is 4. The Morgan fingerprint density at radius 2 is 1.92 bits per heavy atom. The molecular formula is C18H24N4O2. The zero-order chi connectivity index (χ0) is 17.1. The normalized spacial score (nSPS) is 15.4. The van der Waals surface area contributed by atoms with Crippen LogP contribution in [0.15, 0.2) is 30.3 Å². The molecule has 0 N–H and O–H groups in total. The van der Waals surface area contributed by atoms with Gasteiger partial charge in [0.1, 0.15) is 11.9 Å². The first-order valence-corrected chi connectivity index (χ1v) is 8.42. The largest absolute Gasteiger partial charge is 0.364 e. The van der Waals surface area contributed by atoms with Gasteiger partial charge in [0.05, 0.1) is 13.2 Å². The maximum atomic E-state index is 12.6. The molecule has 6 nitrogen and oxygen atoms in total. The van der Waals surface area contributed by atoms with Crippen molar-refractivity contribution in [2.24, 2.45) is 0 Å². The molecule has 3 rings (SSSR count). The van der Waals surface area contributed by atoms with Crippen molar-refractivity contribution in [1.82, 2.24) is 19.7 Å². The zero-order valence-corrected chi connectivity index (χ0v) is 14.5. The summed E-state index contributed by atoms with van der Waals surface area (Å²) in [7, 11) is 0. The Morgan fingerprint density at radius 1 is 1.17 bits per heavy atom. The zero-order valence-electron chi connectivity index (χ0n) is 14.5. The Hall–Kier alpha value is -2.21. The molecule has 24 heavy (non-hydrogen) atoms. The Balaban J connectivity index is 1.59. The number of carbonyl (C=O) groups excluding carboxylic acids is 1. The summed E-state index contributed by atoms with van der Waals surface area (Å²) < 4.78 is 7.87. The average Bonchev–Trinajstić information content (AvgIpc) is 3.03. The molecule has 1 aliphatic heterocycles. The van der Waals surface area contributed by atoms with E-state index in [-0.39, 0.29) is 5.91 Å². The highest BCUT2D eigenvalue weighted by molar-refractivity contribution is 5.80. The SMILES string of the molecule is CC(OCc1ccccc1)C(=O)N1CCn2c(nnc2C(C)C)C1. The molecule has 0 aliphatic carbocycles. The Kier molecular flexibility index (Phi) is 4.94. The van der Waals surface area contributed by atoms with Crippen molar-refractivity contribution < 1.29 is 9.53 Å². The van der Waals surface area contributed by atoms with Crippen LogP contribution in [-0.4, -0.2) is 38.2 Å². The monoisotopic (exact) mass is 328 g/mol. The van der Waals surface area contributed by atoms with Crippen LogP contribution in [0.2, 0.25) is 0 Å². The highest BCUT2D eigenvalue weighted by Crippen LogP contribution is 2.19. The first kappa shape index (κ1) is 16.6. The van der Waals surface area contributed by atoms with Crippen LogP contribution in [-0.2, 0) is 29.2 Å². The predicted octanol–water partition coefficient (Wildman–Crippen LogP) is 2.35. The summed E-state index contributed by atoms with van der Waals surface area (Å²) in [6, 6.07) is 9.89. The van der Waals surface area contributed by atoms with Gasteiger partial charge in [-0.05, 0) is 12.5 Å². The van der Waals surface area contributed by atoms with E-state index in [1.165, 1.54) is 0 Å². The number of rotatable bonds is 5. The standard InChI is InChI=1S/C18H24N4O2/c1-13(2)17-20-19-16-11-21(9-10-22(16)17)18(23)14(3)24-12-15-7-5-4-6-8-15/h4-8,13-14H,9-12H2,1-3H3. The van der Waals surface area contributed by atoms with Crippen LogP contribution in [0, 0.1) is 0 Å². The van der Waals surface area contributed by atoms with Gasteiger partial charge in [-0.1, -0.05) is 44.2 Å². The fourth-order valence-electron chi connectivity index (χ4n) is 2.92. The van der Waals surface area contributed by atoms with Gasteiger partial charge in [-0.3, -0.25) is 4.79 Å².